The minimum absolute atomic E-state index is 0.119. The number of amides is 1. The molecular weight excluding hydrogens is 384 g/mol. The van der Waals surface area contributed by atoms with E-state index in [4.69, 9.17) is 0 Å². The van der Waals surface area contributed by atoms with Crippen LogP contribution in [0.2, 0.25) is 0 Å². The third-order valence-corrected chi connectivity index (χ3v) is 5.22. The zero-order chi connectivity index (χ0) is 21.4. The molecule has 1 aromatic carbocycles. The normalized spacial score (nSPS) is 11.2. The number of carbonyl (C=O) groups is 1. The molecule has 2 N–H and O–H groups in total. The molecule has 0 bridgehead atoms. The summed E-state index contributed by atoms with van der Waals surface area (Å²) in [6.07, 6.45) is 0.119. The maximum atomic E-state index is 12.6. The van der Waals surface area contributed by atoms with Gasteiger partial charge in [0.2, 0.25) is 5.91 Å². The number of fused-ring (bicyclic) bond motifs is 1. The third kappa shape index (κ3) is 3.45. The Morgan fingerprint density at radius 1 is 1.13 bits per heavy atom. The Kier molecular flexibility index (Phi) is 4.86. The molecule has 4 rings (SSSR count). The van der Waals surface area contributed by atoms with Crippen molar-refractivity contribution in [2.75, 3.05) is 0 Å². The number of hydrogen-bond donors (Lipinski definition) is 2. The van der Waals surface area contributed by atoms with Gasteiger partial charge in [-0.05, 0) is 26.0 Å². The van der Waals surface area contributed by atoms with Gasteiger partial charge >= 0.3 is 0 Å². The topological polar surface area (TPSA) is 106 Å². The van der Waals surface area contributed by atoms with Gasteiger partial charge in [0.15, 0.2) is 5.65 Å². The van der Waals surface area contributed by atoms with Gasteiger partial charge in [0, 0.05) is 36.1 Å². The summed E-state index contributed by atoms with van der Waals surface area (Å²) in [6, 6.07) is 12.3. The molecule has 0 saturated carbocycles. The zero-order valence-corrected chi connectivity index (χ0v) is 17.0. The van der Waals surface area contributed by atoms with E-state index in [0.29, 0.717) is 17.0 Å². The molecule has 30 heavy (non-hydrogen) atoms. The Morgan fingerprint density at radius 2 is 1.87 bits per heavy atom. The summed E-state index contributed by atoms with van der Waals surface area (Å²) in [5.41, 5.74) is 3.78. The van der Waals surface area contributed by atoms with Crippen molar-refractivity contribution in [1.29, 1.82) is 0 Å². The average molecular weight is 406 g/mol. The summed E-state index contributed by atoms with van der Waals surface area (Å²) in [6.45, 7) is 3.87. The lowest BCUT2D eigenvalue weighted by molar-refractivity contribution is -0.120. The second kappa shape index (κ2) is 7.51. The fourth-order valence-electron chi connectivity index (χ4n) is 3.63. The van der Waals surface area contributed by atoms with E-state index in [1.165, 1.54) is 12.1 Å². The lowest BCUT2D eigenvalue weighted by Gasteiger charge is -2.13. The van der Waals surface area contributed by atoms with E-state index < -0.39 is 0 Å². The zero-order valence-electron chi connectivity index (χ0n) is 17.0. The van der Waals surface area contributed by atoms with Gasteiger partial charge in [-0.1, -0.05) is 18.2 Å². The molecule has 0 fully saturated rings. The maximum Gasteiger partial charge on any atom is 0.271 e. The summed E-state index contributed by atoms with van der Waals surface area (Å²) >= 11 is 0. The van der Waals surface area contributed by atoms with E-state index in [1.807, 2.05) is 44.2 Å². The molecule has 4 aromatic rings. The van der Waals surface area contributed by atoms with E-state index in [-0.39, 0.29) is 30.0 Å². The highest BCUT2D eigenvalue weighted by atomic mass is 16.2. The number of para-hydroxylation sites is 1. The monoisotopic (exact) mass is 406 g/mol. The predicted molar refractivity (Wildman–Crippen MR) is 112 cm³/mol. The molecule has 0 aliphatic rings. The van der Waals surface area contributed by atoms with Crippen LogP contribution in [0.1, 0.15) is 22.6 Å². The fourth-order valence-corrected chi connectivity index (χ4v) is 3.63. The number of aromatic nitrogens is 5. The SMILES string of the molecule is Cc1nc2cc(=O)[nH]n2c(C)c1CC(=O)NCc1cc(=O)n(-c2ccccc2)n1C. The molecule has 0 atom stereocenters. The first-order valence-corrected chi connectivity index (χ1v) is 9.53. The molecule has 0 aliphatic heterocycles. The Balaban J connectivity index is 1.52. The summed E-state index contributed by atoms with van der Waals surface area (Å²) in [4.78, 5) is 41.0. The standard InChI is InChI=1S/C21H22N6O3/c1-13-17(14(2)26-18(23-13)11-20(29)24-26)10-19(28)22-12-16-9-21(30)27(25(16)3)15-7-5-4-6-8-15/h4-9,11H,10,12H2,1-3H3,(H,22,28)(H,24,29). The molecule has 0 radical (unpaired) electrons. The van der Waals surface area contributed by atoms with Gasteiger partial charge in [-0.25, -0.2) is 14.2 Å². The van der Waals surface area contributed by atoms with Crippen LogP contribution in [0.15, 0.2) is 52.1 Å². The molecule has 3 aromatic heterocycles. The van der Waals surface area contributed by atoms with Gasteiger partial charge in [0.25, 0.3) is 11.1 Å². The lowest BCUT2D eigenvalue weighted by atomic mass is 10.1. The number of H-pyrrole nitrogens is 1. The largest absolute Gasteiger partial charge is 0.350 e. The molecule has 0 spiro atoms. The van der Waals surface area contributed by atoms with Crippen LogP contribution in [-0.2, 0) is 24.8 Å². The molecule has 9 heteroatoms. The number of rotatable bonds is 5. The molecule has 0 aliphatic carbocycles. The van der Waals surface area contributed by atoms with Gasteiger partial charge < -0.3 is 5.32 Å². The van der Waals surface area contributed by atoms with E-state index in [2.05, 4.69) is 15.4 Å². The van der Waals surface area contributed by atoms with Crippen LogP contribution >= 0.6 is 0 Å². The number of benzene rings is 1. The van der Waals surface area contributed by atoms with Crippen LogP contribution in [0.25, 0.3) is 11.3 Å². The molecule has 0 saturated heterocycles. The van der Waals surface area contributed by atoms with Crippen molar-refractivity contribution >= 4 is 11.6 Å². The van der Waals surface area contributed by atoms with Crippen LogP contribution in [0.3, 0.4) is 0 Å². The Morgan fingerprint density at radius 3 is 2.60 bits per heavy atom. The highest BCUT2D eigenvalue weighted by Gasteiger charge is 2.15. The van der Waals surface area contributed by atoms with Gasteiger partial charge in [0.05, 0.1) is 24.3 Å². The number of hydrogen-bond acceptors (Lipinski definition) is 4. The van der Waals surface area contributed by atoms with E-state index in [9.17, 15) is 14.4 Å². The van der Waals surface area contributed by atoms with E-state index >= 15 is 0 Å². The van der Waals surface area contributed by atoms with Crippen molar-refractivity contribution in [3.63, 3.8) is 0 Å². The Hall–Kier alpha value is -3.88. The second-order valence-corrected chi connectivity index (χ2v) is 7.17. The molecule has 3 heterocycles. The van der Waals surface area contributed by atoms with Gasteiger partial charge in [-0.15, -0.1) is 0 Å². The molecule has 1 amide bonds. The van der Waals surface area contributed by atoms with Crippen LogP contribution in [0.5, 0.6) is 0 Å². The first-order chi connectivity index (χ1) is 14.3. The van der Waals surface area contributed by atoms with Crippen LogP contribution < -0.4 is 16.4 Å². The summed E-state index contributed by atoms with van der Waals surface area (Å²) in [5.74, 6) is -0.197. The third-order valence-electron chi connectivity index (χ3n) is 5.22. The Bertz CT molecular complexity index is 1360. The number of aromatic amines is 1. The van der Waals surface area contributed by atoms with Crippen molar-refractivity contribution in [2.24, 2.45) is 7.05 Å². The van der Waals surface area contributed by atoms with Crippen molar-refractivity contribution < 1.29 is 4.79 Å². The first kappa shape index (κ1) is 19.4. The van der Waals surface area contributed by atoms with E-state index in [0.717, 1.165) is 16.9 Å². The number of carbonyl (C=O) groups excluding carboxylic acids is 1. The van der Waals surface area contributed by atoms with Crippen molar-refractivity contribution in [1.82, 2.24) is 29.3 Å². The highest BCUT2D eigenvalue weighted by Crippen LogP contribution is 2.14. The van der Waals surface area contributed by atoms with E-state index in [1.54, 1.807) is 20.9 Å². The average Bonchev–Trinajstić information content (AvgIpc) is 3.22. The van der Waals surface area contributed by atoms with Gasteiger partial charge in [-0.3, -0.25) is 24.2 Å². The second-order valence-electron chi connectivity index (χ2n) is 7.17. The smallest absolute Gasteiger partial charge is 0.271 e. The number of nitrogens with zero attached hydrogens (tertiary/aromatic N) is 4. The quantitative estimate of drug-likeness (QED) is 0.515. The predicted octanol–water partition coefficient (Wildman–Crippen LogP) is 0.988. The van der Waals surface area contributed by atoms with Gasteiger partial charge in [-0.2, -0.15) is 0 Å². The molecular formula is C21H22N6O3. The van der Waals surface area contributed by atoms with Gasteiger partial charge in [0.1, 0.15) is 0 Å². The van der Waals surface area contributed by atoms with Crippen LogP contribution in [-0.4, -0.2) is 29.9 Å². The van der Waals surface area contributed by atoms with Crippen LogP contribution in [0.4, 0.5) is 0 Å². The van der Waals surface area contributed by atoms with Crippen molar-refractivity contribution in [3.8, 4) is 5.69 Å². The minimum Gasteiger partial charge on any atom is -0.350 e. The van der Waals surface area contributed by atoms with Crippen LogP contribution in [0, 0.1) is 13.8 Å². The Labute approximate surface area is 171 Å². The lowest BCUT2D eigenvalue weighted by Crippen LogP contribution is -2.27. The van der Waals surface area contributed by atoms with Crippen molar-refractivity contribution in [3.05, 3.63) is 85.8 Å². The fraction of sp³-hybridized carbons (Fsp3) is 0.238. The highest BCUT2D eigenvalue weighted by molar-refractivity contribution is 5.79. The minimum atomic E-state index is -0.240. The number of aryl methyl sites for hydroxylation is 2. The van der Waals surface area contributed by atoms with Crippen molar-refractivity contribution in [2.45, 2.75) is 26.8 Å². The molecule has 154 valence electrons. The maximum absolute atomic E-state index is 12.6. The summed E-state index contributed by atoms with van der Waals surface area (Å²) in [5, 5.41) is 5.55. The first-order valence-electron chi connectivity index (χ1n) is 9.53. The summed E-state index contributed by atoms with van der Waals surface area (Å²) < 4.78 is 4.87. The number of nitrogens with one attached hydrogen (secondary N) is 2. The molecule has 9 nitrogen and oxygen atoms in total. The summed E-state index contributed by atoms with van der Waals surface area (Å²) in [7, 11) is 1.78. The molecule has 0 unspecified atom stereocenters.